The molecular weight excluding hydrogens is 732 g/mol. The molecule has 0 amide bonds. The summed E-state index contributed by atoms with van der Waals surface area (Å²) in [5, 5.41) is 0. The second-order valence-corrected chi connectivity index (χ2v) is 13.8. The fraction of sp³-hybridized carbons (Fsp3) is 0. The van der Waals surface area contributed by atoms with Crippen LogP contribution in [-0.2, 0) is 0 Å². The van der Waals surface area contributed by atoms with Crippen molar-refractivity contribution in [2.24, 2.45) is 0 Å². The SMILES string of the molecule is Brc1cc(SI)[se]c1-c1[se]c(SI)cc1Br. The van der Waals surface area contributed by atoms with Gasteiger partial charge in [0.1, 0.15) is 0 Å². The zero-order chi connectivity index (χ0) is 11.7. The molecule has 2 aromatic rings. The normalized spacial score (nSPS) is 11.0. The van der Waals surface area contributed by atoms with Gasteiger partial charge in [-0.05, 0) is 0 Å². The van der Waals surface area contributed by atoms with Gasteiger partial charge in [0, 0.05) is 0 Å². The van der Waals surface area contributed by atoms with Crippen LogP contribution in [0.2, 0.25) is 0 Å². The Hall–Kier alpha value is 3.12. The summed E-state index contributed by atoms with van der Waals surface area (Å²) in [5.41, 5.74) is 0. The van der Waals surface area contributed by atoms with E-state index in [0.717, 1.165) is 0 Å². The summed E-state index contributed by atoms with van der Waals surface area (Å²) in [4.78, 5) is 0. The average Bonchev–Trinajstić information content (AvgIpc) is 2.81. The molecule has 8 heteroatoms. The first-order valence-electron chi connectivity index (χ1n) is 3.82. The summed E-state index contributed by atoms with van der Waals surface area (Å²) in [5.74, 6) is 0. The Labute approximate surface area is 155 Å². The van der Waals surface area contributed by atoms with Crippen molar-refractivity contribution in [2.75, 3.05) is 0 Å². The van der Waals surface area contributed by atoms with Gasteiger partial charge in [0.2, 0.25) is 0 Å². The third kappa shape index (κ3) is 3.61. The zero-order valence-electron chi connectivity index (χ0n) is 7.30. The number of halogens is 4. The molecule has 0 nitrogen and oxygen atoms in total. The van der Waals surface area contributed by atoms with Gasteiger partial charge in [-0.3, -0.25) is 0 Å². The van der Waals surface area contributed by atoms with E-state index in [-0.39, 0.29) is 0 Å². The van der Waals surface area contributed by atoms with Crippen molar-refractivity contribution in [1.82, 2.24) is 0 Å². The first-order chi connectivity index (χ1) is 7.65. The second kappa shape index (κ2) is 7.22. The molecule has 0 aliphatic rings. The molecule has 86 valence electrons. The predicted molar refractivity (Wildman–Crippen MR) is 101 cm³/mol. The Balaban J connectivity index is 2.48. The second-order valence-electron chi connectivity index (χ2n) is 2.64. The van der Waals surface area contributed by atoms with Gasteiger partial charge in [-0.25, -0.2) is 0 Å². The van der Waals surface area contributed by atoms with E-state index in [2.05, 4.69) is 86.4 Å². The van der Waals surface area contributed by atoms with Gasteiger partial charge in [-0.1, -0.05) is 0 Å². The molecule has 0 aliphatic heterocycles. The Kier molecular flexibility index (Phi) is 7.00. The van der Waals surface area contributed by atoms with Crippen molar-refractivity contribution >= 4 is 121 Å². The Morgan fingerprint density at radius 2 is 1.25 bits per heavy atom. The van der Waals surface area contributed by atoms with Gasteiger partial charge in [0.25, 0.3) is 0 Å². The third-order valence-corrected chi connectivity index (χ3v) is 18.1. The standard InChI is InChI=1S/C8H2Br2I2S2Se2/c9-3-1-5(13-11)15-7(3)8-4(10)2-6(14-12)16-8/h1-2H. The summed E-state index contributed by atoms with van der Waals surface area (Å²) in [6, 6.07) is 4.54. The van der Waals surface area contributed by atoms with Gasteiger partial charge < -0.3 is 0 Å². The monoisotopic (exact) mass is 733 g/mol. The van der Waals surface area contributed by atoms with Crippen LogP contribution >= 0.6 is 92.1 Å². The van der Waals surface area contributed by atoms with Crippen LogP contribution in [0.15, 0.2) is 28.6 Å². The molecule has 0 aliphatic carbocycles. The zero-order valence-corrected chi connectivity index (χ0v) is 19.8. The van der Waals surface area contributed by atoms with E-state index in [0.29, 0.717) is 29.0 Å². The minimum absolute atomic E-state index is 0.486. The molecule has 2 aromatic heterocycles. The molecule has 2 rings (SSSR count). The summed E-state index contributed by atoms with van der Waals surface area (Å²) >= 11 is 13.1. The van der Waals surface area contributed by atoms with Crippen molar-refractivity contribution in [1.29, 1.82) is 0 Å². The van der Waals surface area contributed by atoms with Crippen LogP contribution in [0.3, 0.4) is 0 Å². The van der Waals surface area contributed by atoms with Crippen LogP contribution in [0.4, 0.5) is 0 Å². The van der Waals surface area contributed by atoms with Gasteiger partial charge >= 0.3 is 159 Å². The Morgan fingerprint density at radius 1 is 0.875 bits per heavy atom. The van der Waals surface area contributed by atoms with Crippen molar-refractivity contribution in [3.63, 3.8) is 0 Å². The molecule has 0 atom stereocenters. The summed E-state index contributed by atoms with van der Waals surface area (Å²) < 4.78 is 8.61. The van der Waals surface area contributed by atoms with Crippen LogP contribution in [-0.4, -0.2) is 29.0 Å². The molecule has 0 fully saturated rings. The molecule has 0 saturated heterocycles. The fourth-order valence-corrected chi connectivity index (χ4v) is 13.6. The van der Waals surface area contributed by atoms with E-state index in [1.54, 1.807) is 0 Å². The van der Waals surface area contributed by atoms with E-state index in [1.165, 1.54) is 25.4 Å². The van der Waals surface area contributed by atoms with Crippen LogP contribution < -0.4 is 0 Å². The first kappa shape index (κ1) is 15.5. The van der Waals surface area contributed by atoms with Gasteiger partial charge in [-0.15, -0.1) is 0 Å². The average molecular weight is 734 g/mol. The number of rotatable bonds is 3. The molecule has 0 aromatic carbocycles. The molecule has 2 heterocycles. The Bertz CT molecular complexity index is 466. The fourth-order valence-electron chi connectivity index (χ4n) is 1.08. The summed E-state index contributed by atoms with van der Waals surface area (Å²) in [7, 11) is 3.68. The van der Waals surface area contributed by atoms with Gasteiger partial charge in [-0.2, -0.15) is 0 Å². The maximum absolute atomic E-state index is 3.69. The van der Waals surface area contributed by atoms with E-state index in [4.69, 9.17) is 0 Å². The third-order valence-electron chi connectivity index (χ3n) is 1.69. The molecule has 0 spiro atoms. The van der Waals surface area contributed by atoms with Crippen molar-refractivity contribution in [3.8, 4) is 8.87 Å². The molecule has 0 N–H and O–H groups in total. The molecule has 0 bridgehead atoms. The molecule has 16 heavy (non-hydrogen) atoms. The number of hydrogen-bond donors (Lipinski definition) is 0. The Morgan fingerprint density at radius 3 is 1.50 bits per heavy atom. The van der Waals surface area contributed by atoms with Crippen molar-refractivity contribution in [2.45, 2.75) is 7.54 Å². The predicted octanol–water partition coefficient (Wildman–Crippen LogP) is 5.88. The maximum atomic E-state index is 3.69. The summed E-state index contributed by atoms with van der Waals surface area (Å²) in [6.45, 7) is 0. The van der Waals surface area contributed by atoms with Crippen LogP contribution in [0.5, 0.6) is 0 Å². The summed E-state index contributed by atoms with van der Waals surface area (Å²) in [6.07, 6.45) is 0. The number of hydrogen-bond acceptors (Lipinski definition) is 2. The van der Waals surface area contributed by atoms with Crippen LogP contribution in [0.25, 0.3) is 8.87 Å². The van der Waals surface area contributed by atoms with E-state index in [9.17, 15) is 0 Å². The topological polar surface area (TPSA) is 0 Å². The van der Waals surface area contributed by atoms with Crippen molar-refractivity contribution in [3.05, 3.63) is 21.1 Å². The van der Waals surface area contributed by atoms with Crippen molar-refractivity contribution < 1.29 is 0 Å². The van der Waals surface area contributed by atoms with E-state index in [1.807, 2.05) is 17.9 Å². The minimum atomic E-state index is 0.486. The molecule has 0 saturated carbocycles. The van der Waals surface area contributed by atoms with E-state index >= 15 is 0 Å². The van der Waals surface area contributed by atoms with E-state index < -0.39 is 0 Å². The molecule has 0 unspecified atom stereocenters. The first-order valence-corrected chi connectivity index (χ1v) is 15.5. The quantitative estimate of drug-likeness (QED) is 0.286. The molecular formula is C8H2Br2I2S2Se2. The van der Waals surface area contributed by atoms with Crippen LogP contribution in [0, 0.1) is 0 Å². The van der Waals surface area contributed by atoms with Gasteiger partial charge in [0.15, 0.2) is 0 Å². The van der Waals surface area contributed by atoms with Crippen LogP contribution in [0.1, 0.15) is 0 Å². The molecule has 0 radical (unpaired) electrons. The van der Waals surface area contributed by atoms with Gasteiger partial charge in [0.05, 0.1) is 0 Å².